The highest BCUT2D eigenvalue weighted by Crippen LogP contribution is 2.36. The minimum absolute atomic E-state index is 0.0181. The molecule has 3 aliphatic heterocycles. The number of amides is 2. The Morgan fingerprint density at radius 2 is 1.92 bits per heavy atom. The molecule has 3 aliphatic rings. The molecule has 2 fully saturated rings. The number of carbonyl (C=O) groups excluding carboxylic acids is 2. The molecule has 1 aromatic carbocycles. The summed E-state index contributed by atoms with van der Waals surface area (Å²) in [6.07, 6.45) is 0.644. The molecule has 1 aromatic rings. The molecule has 140 valence electrons. The number of hydrogen-bond donors (Lipinski definition) is 0. The number of carbonyl (C=O) groups is 2. The minimum atomic E-state index is -0.415. The Kier molecular flexibility index (Phi) is 4.34. The van der Waals surface area contributed by atoms with Crippen molar-refractivity contribution in [2.45, 2.75) is 25.3 Å². The summed E-state index contributed by atoms with van der Waals surface area (Å²) in [6.45, 7) is 4.79. The predicted octanol–water partition coefficient (Wildman–Crippen LogP) is 2.10. The smallest absolute Gasteiger partial charge is 0.410 e. The van der Waals surface area contributed by atoms with Crippen LogP contribution in [0.25, 0.3) is 0 Å². The summed E-state index contributed by atoms with van der Waals surface area (Å²) in [5.41, 5.74) is 0.300. The number of rotatable bonds is 3. The summed E-state index contributed by atoms with van der Waals surface area (Å²) in [5.74, 6) is 1.21. The Morgan fingerprint density at radius 1 is 1.19 bits per heavy atom. The first-order valence-corrected chi connectivity index (χ1v) is 9.20. The van der Waals surface area contributed by atoms with Gasteiger partial charge in [0.1, 0.15) is 19.8 Å². The van der Waals surface area contributed by atoms with Gasteiger partial charge >= 0.3 is 6.09 Å². The van der Waals surface area contributed by atoms with Gasteiger partial charge in [-0.15, -0.1) is 0 Å². The fraction of sp³-hybridized carbons (Fsp3) is 0.556. The summed E-state index contributed by atoms with van der Waals surface area (Å²) in [4.78, 5) is 28.3. The molecule has 1 unspecified atom stereocenters. The van der Waals surface area contributed by atoms with Gasteiger partial charge in [-0.1, -0.05) is 18.5 Å². The van der Waals surface area contributed by atoms with Gasteiger partial charge in [0.05, 0.1) is 12.0 Å². The summed E-state index contributed by atoms with van der Waals surface area (Å²) >= 11 is 6.33. The van der Waals surface area contributed by atoms with Crippen molar-refractivity contribution in [1.82, 2.24) is 9.80 Å². The van der Waals surface area contributed by atoms with E-state index in [1.165, 1.54) is 0 Å². The van der Waals surface area contributed by atoms with Crippen LogP contribution in [0.3, 0.4) is 0 Å². The zero-order valence-electron chi connectivity index (χ0n) is 14.6. The molecule has 2 amide bonds. The van der Waals surface area contributed by atoms with Gasteiger partial charge in [-0.25, -0.2) is 4.79 Å². The lowest BCUT2D eigenvalue weighted by Crippen LogP contribution is -2.62. The van der Waals surface area contributed by atoms with Gasteiger partial charge in [-0.3, -0.25) is 9.69 Å². The molecule has 0 saturated carbocycles. The average Bonchev–Trinajstić information content (AvgIpc) is 2.99. The van der Waals surface area contributed by atoms with E-state index in [0.29, 0.717) is 61.5 Å². The largest absolute Gasteiger partial charge is 0.486 e. The first-order valence-electron chi connectivity index (χ1n) is 8.82. The molecule has 8 heteroatoms. The zero-order chi connectivity index (χ0) is 18.3. The van der Waals surface area contributed by atoms with Crippen LogP contribution in [0, 0.1) is 0 Å². The van der Waals surface area contributed by atoms with Crippen molar-refractivity contribution >= 4 is 23.6 Å². The lowest BCUT2D eigenvalue weighted by atomic mass is 9.92. The number of hydrogen-bond acceptors (Lipinski definition) is 5. The highest BCUT2D eigenvalue weighted by molar-refractivity contribution is 6.31. The predicted molar refractivity (Wildman–Crippen MR) is 93.8 cm³/mol. The number of benzene rings is 1. The van der Waals surface area contributed by atoms with Crippen molar-refractivity contribution in [2.24, 2.45) is 0 Å². The molecule has 0 aromatic heterocycles. The van der Waals surface area contributed by atoms with Gasteiger partial charge < -0.3 is 19.1 Å². The third-order valence-corrected chi connectivity index (χ3v) is 5.75. The monoisotopic (exact) mass is 380 g/mol. The van der Waals surface area contributed by atoms with Crippen molar-refractivity contribution in [3.8, 4) is 11.5 Å². The van der Waals surface area contributed by atoms with E-state index in [-0.39, 0.29) is 18.4 Å². The van der Waals surface area contributed by atoms with Crippen LogP contribution in [0.4, 0.5) is 4.79 Å². The van der Waals surface area contributed by atoms with Crippen LogP contribution in [0.15, 0.2) is 12.1 Å². The van der Waals surface area contributed by atoms with E-state index >= 15 is 0 Å². The molecule has 4 rings (SSSR count). The van der Waals surface area contributed by atoms with Crippen LogP contribution < -0.4 is 9.47 Å². The fourth-order valence-electron chi connectivity index (χ4n) is 3.79. The number of fused-ring (bicyclic) bond motifs is 2. The number of halogens is 1. The second-order valence-corrected chi connectivity index (χ2v) is 7.27. The highest BCUT2D eigenvalue weighted by Gasteiger charge is 2.50. The number of ether oxygens (including phenoxy) is 3. The normalized spacial score (nSPS) is 24.3. The SMILES string of the molecule is CCC12COC(=O)N1CCN(C(=O)Cc1cc3c(cc1Cl)OCCO3)C2. The van der Waals surface area contributed by atoms with Crippen molar-refractivity contribution in [3.63, 3.8) is 0 Å². The van der Waals surface area contributed by atoms with Crippen LogP contribution >= 0.6 is 11.6 Å². The summed E-state index contributed by atoms with van der Waals surface area (Å²) < 4.78 is 16.3. The number of piperazine rings is 1. The molecule has 1 atom stereocenters. The van der Waals surface area contributed by atoms with Crippen LogP contribution in [0.2, 0.25) is 5.02 Å². The van der Waals surface area contributed by atoms with Crippen molar-refractivity contribution in [3.05, 3.63) is 22.7 Å². The number of nitrogens with zero attached hydrogens (tertiary/aromatic N) is 2. The van der Waals surface area contributed by atoms with Crippen molar-refractivity contribution in [1.29, 1.82) is 0 Å². The van der Waals surface area contributed by atoms with Gasteiger partial charge in [0.2, 0.25) is 5.91 Å². The third kappa shape index (κ3) is 2.84. The van der Waals surface area contributed by atoms with E-state index < -0.39 is 5.54 Å². The van der Waals surface area contributed by atoms with Crippen molar-refractivity contribution < 1.29 is 23.8 Å². The van der Waals surface area contributed by atoms with Gasteiger partial charge in [0.15, 0.2) is 11.5 Å². The fourth-order valence-corrected chi connectivity index (χ4v) is 4.01. The maximum atomic E-state index is 12.9. The Hall–Kier alpha value is -2.15. The Labute approximate surface area is 156 Å². The van der Waals surface area contributed by atoms with E-state index in [9.17, 15) is 9.59 Å². The maximum Gasteiger partial charge on any atom is 0.410 e. The summed E-state index contributed by atoms with van der Waals surface area (Å²) in [5, 5.41) is 0.491. The average molecular weight is 381 g/mol. The Bertz CT molecular complexity index is 755. The van der Waals surface area contributed by atoms with E-state index in [1.54, 1.807) is 21.9 Å². The third-order valence-electron chi connectivity index (χ3n) is 5.40. The van der Waals surface area contributed by atoms with Gasteiger partial charge in [0, 0.05) is 30.7 Å². The van der Waals surface area contributed by atoms with Gasteiger partial charge in [-0.05, 0) is 18.1 Å². The number of cyclic esters (lactones) is 1. The van der Waals surface area contributed by atoms with Crippen LogP contribution in [-0.2, 0) is 16.0 Å². The zero-order valence-corrected chi connectivity index (χ0v) is 15.4. The maximum absolute atomic E-state index is 12.9. The summed E-state index contributed by atoms with van der Waals surface area (Å²) in [6, 6.07) is 3.48. The van der Waals surface area contributed by atoms with Crippen LogP contribution in [0.5, 0.6) is 11.5 Å². The molecule has 3 heterocycles. The van der Waals surface area contributed by atoms with Crippen LogP contribution in [0.1, 0.15) is 18.9 Å². The Morgan fingerprint density at radius 3 is 2.65 bits per heavy atom. The molecule has 0 bridgehead atoms. The molecule has 0 aliphatic carbocycles. The lowest BCUT2D eigenvalue weighted by molar-refractivity contribution is -0.134. The second-order valence-electron chi connectivity index (χ2n) is 6.86. The van der Waals surface area contributed by atoms with E-state index in [4.69, 9.17) is 25.8 Å². The summed E-state index contributed by atoms with van der Waals surface area (Å²) in [7, 11) is 0. The van der Waals surface area contributed by atoms with Gasteiger partial charge in [0.25, 0.3) is 0 Å². The van der Waals surface area contributed by atoms with E-state index in [0.717, 1.165) is 6.42 Å². The lowest BCUT2D eigenvalue weighted by Gasteiger charge is -2.44. The molecule has 7 nitrogen and oxygen atoms in total. The second kappa shape index (κ2) is 6.54. The Balaban J connectivity index is 1.50. The first kappa shape index (κ1) is 17.3. The molecular weight excluding hydrogens is 360 g/mol. The quantitative estimate of drug-likeness (QED) is 0.803. The molecule has 0 N–H and O–H groups in total. The molecule has 26 heavy (non-hydrogen) atoms. The van der Waals surface area contributed by atoms with Crippen molar-refractivity contribution in [2.75, 3.05) is 39.5 Å². The topological polar surface area (TPSA) is 68.3 Å². The molecule has 2 saturated heterocycles. The highest BCUT2D eigenvalue weighted by atomic mass is 35.5. The van der Waals surface area contributed by atoms with Gasteiger partial charge in [-0.2, -0.15) is 0 Å². The van der Waals surface area contributed by atoms with Crippen LogP contribution in [-0.4, -0.2) is 66.8 Å². The minimum Gasteiger partial charge on any atom is -0.486 e. The molecule has 0 radical (unpaired) electrons. The van der Waals surface area contributed by atoms with E-state index in [2.05, 4.69) is 0 Å². The first-order chi connectivity index (χ1) is 12.5. The molecular formula is C18H21ClN2O5. The van der Waals surface area contributed by atoms with E-state index in [1.807, 2.05) is 6.92 Å². The standard InChI is InChI=1S/C18H21ClN2O5/c1-2-18-10-20(3-4-21(18)17(23)26-11-18)16(22)8-12-7-14-15(9-13(12)19)25-6-5-24-14/h7,9H,2-6,8,10-11H2,1H3. The molecule has 0 spiro atoms.